The van der Waals surface area contributed by atoms with Crippen LogP contribution in [-0.4, -0.2) is 14.7 Å². The Morgan fingerprint density at radius 2 is 1.88 bits per heavy atom. The van der Waals surface area contributed by atoms with Gasteiger partial charge in [0, 0.05) is 11.3 Å². The van der Waals surface area contributed by atoms with Gasteiger partial charge in [-0.25, -0.2) is 0 Å². The molecule has 3 atom stereocenters. The molecule has 3 rings (SSSR count). The van der Waals surface area contributed by atoms with Gasteiger partial charge in [0.05, 0.1) is 10.8 Å². The van der Waals surface area contributed by atoms with E-state index < -0.39 is 15.5 Å². The summed E-state index contributed by atoms with van der Waals surface area (Å²) in [7, 11) is -1.18. The summed E-state index contributed by atoms with van der Waals surface area (Å²) in [4.78, 5) is 12.8. The van der Waals surface area contributed by atoms with Gasteiger partial charge in [-0.1, -0.05) is 24.6 Å². The predicted octanol–water partition coefficient (Wildman–Crippen LogP) is 2.61. The van der Waals surface area contributed by atoms with E-state index in [0.717, 1.165) is 23.3 Å². The summed E-state index contributed by atoms with van der Waals surface area (Å²) in [5.41, 5.74) is 1.15. The minimum absolute atomic E-state index is 0.000168. The van der Waals surface area contributed by atoms with Crippen LogP contribution in [0, 0.1) is 12.3 Å². The highest BCUT2D eigenvalue weighted by molar-refractivity contribution is 7.87. The van der Waals surface area contributed by atoms with E-state index in [1.54, 1.807) is 0 Å². The van der Waals surface area contributed by atoms with Crippen LogP contribution in [0.5, 0.6) is 0 Å². The quantitative estimate of drug-likeness (QED) is 0.806. The summed E-state index contributed by atoms with van der Waals surface area (Å²) in [5.74, 6) is 0.207. The summed E-state index contributed by atoms with van der Waals surface area (Å²) in [6, 6.07) is 7.71. The van der Waals surface area contributed by atoms with Gasteiger partial charge in [0.2, 0.25) is 0 Å². The van der Waals surface area contributed by atoms with Gasteiger partial charge in [0.1, 0.15) is 4.75 Å². The van der Waals surface area contributed by atoms with Crippen LogP contribution in [0.4, 0.5) is 0 Å². The molecule has 2 saturated carbocycles. The van der Waals surface area contributed by atoms with E-state index in [9.17, 15) is 9.00 Å². The average molecular weight is 248 g/mol. The zero-order valence-electron chi connectivity index (χ0n) is 10.2. The van der Waals surface area contributed by atoms with Gasteiger partial charge in [-0.15, -0.1) is 0 Å². The number of rotatable bonds is 2. The molecule has 0 heterocycles. The molecule has 2 fully saturated rings. The lowest BCUT2D eigenvalue weighted by Crippen LogP contribution is -2.28. The first-order chi connectivity index (χ1) is 7.99. The first kappa shape index (κ1) is 11.1. The van der Waals surface area contributed by atoms with Crippen LogP contribution in [-0.2, 0) is 15.6 Å². The fourth-order valence-corrected chi connectivity index (χ4v) is 5.17. The van der Waals surface area contributed by atoms with Crippen LogP contribution < -0.4 is 0 Å². The van der Waals surface area contributed by atoms with Crippen LogP contribution in [0.3, 0.4) is 0 Å². The van der Waals surface area contributed by atoms with Crippen molar-refractivity contribution in [2.24, 2.45) is 5.41 Å². The van der Waals surface area contributed by atoms with E-state index in [0.29, 0.717) is 6.42 Å². The van der Waals surface area contributed by atoms with Crippen molar-refractivity contribution in [3.8, 4) is 0 Å². The van der Waals surface area contributed by atoms with Gasteiger partial charge in [-0.05, 0) is 37.3 Å². The molecule has 2 nitrogen and oxygen atoms in total. The molecule has 2 aliphatic rings. The number of fused-ring (bicyclic) bond motifs is 1. The lowest BCUT2D eigenvalue weighted by atomic mass is 10.1. The SMILES string of the molecule is Cc1ccc(S(=O)[C@]23C[C@@]2(C)CCC3=O)cc1. The Labute approximate surface area is 104 Å². The Bertz CT molecular complexity index is 520. The largest absolute Gasteiger partial charge is 0.298 e. The molecule has 2 aliphatic carbocycles. The first-order valence-electron chi connectivity index (χ1n) is 6.01. The van der Waals surface area contributed by atoms with E-state index >= 15 is 0 Å². The van der Waals surface area contributed by atoms with Crippen molar-refractivity contribution in [3.63, 3.8) is 0 Å². The van der Waals surface area contributed by atoms with Crippen molar-refractivity contribution in [1.29, 1.82) is 0 Å². The number of carbonyl (C=O) groups excluding carboxylic acids is 1. The number of benzene rings is 1. The fraction of sp³-hybridized carbons (Fsp3) is 0.500. The number of hydrogen-bond acceptors (Lipinski definition) is 2. The van der Waals surface area contributed by atoms with Crippen LogP contribution in [0.1, 0.15) is 31.7 Å². The number of Topliss-reactive ketones (excluding diaryl/α,β-unsaturated/α-hetero) is 1. The van der Waals surface area contributed by atoms with Crippen molar-refractivity contribution in [1.82, 2.24) is 0 Å². The maximum Gasteiger partial charge on any atom is 0.152 e. The zero-order chi connectivity index (χ0) is 12.3. The Morgan fingerprint density at radius 3 is 2.35 bits per heavy atom. The molecule has 0 saturated heterocycles. The standard InChI is InChI=1S/C14H16O2S/c1-10-3-5-11(6-4-10)17(16)14-9-13(14,2)8-7-12(14)15/h3-6H,7-9H2,1-2H3/t13-,14+,17?/m1/s1. The second-order valence-electron chi connectivity index (χ2n) is 5.57. The van der Waals surface area contributed by atoms with E-state index in [-0.39, 0.29) is 11.2 Å². The lowest BCUT2D eigenvalue weighted by molar-refractivity contribution is -0.118. The topological polar surface area (TPSA) is 34.1 Å². The number of ketones is 1. The molecule has 0 N–H and O–H groups in total. The van der Waals surface area contributed by atoms with Crippen molar-refractivity contribution in [3.05, 3.63) is 29.8 Å². The van der Waals surface area contributed by atoms with Crippen molar-refractivity contribution >= 4 is 16.6 Å². The van der Waals surface area contributed by atoms with E-state index in [2.05, 4.69) is 6.92 Å². The molecule has 0 aliphatic heterocycles. The van der Waals surface area contributed by atoms with Gasteiger partial charge >= 0.3 is 0 Å². The molecule has 0 bridgehead atoms. The summed E-state index contributed by atoms with van der Waals surface area (Å²) in [6.07, 6.45) is 2.32. The minimum Gasteiger partial charge on any atom is -0.298 e. The summed E-state index contributed by atoms with van der Waals surface area (Å²) < 4.78 is 12.1. The highest BCUT2D eigenvalue weighted by atomic mass is 32.2. The van der Waals surface area contributed by atoms with Crippen LogP contribution in [0.25, 0.3) is 0 Å². The predicted molar refractivity (Wildman–Crippen MR) is 67.3 cm³/mol. The molecule has 1 aromatic carbocycles. The summed E-state index contributed by atoms with van der Waals surface area (Å²) >= 11 is 0. The fourth-order valence-electron chi connectivity index (χ4n) is 3.08. The normalized spacial score (nSPS) is 36.7. The third kappa shape index (κ3) is 1.32. The molecule has 1 aromatic rings. The second-order valence-corrected chi connectivity index (χ2v) is 7.28. The first-order valence-corrected chi connectivity index (χ1v) is 7.16. The highest BCUT2D eigenvalue weighted by Crippen LogP contribution is 2.68. The van der Waals surface area contributed by atoms with Crippen LogP contribution in [0.15, 0.2) is 29.2 Å². The maximum atomic E-state index is 12.6. The lowest BCUT2D eigenvalue weighted by Gasteiger charge is -2.13. The second kappa shape index (κ2) is 3.29. The van der Waals surface area contributed by atoms with Gasteiger partial charge in [-0.3, -0.25) is 9.00 Å². The molecular weight excluding hydrogens is 232 g/mol. The Balaban J connectivity index is 1.99. The molecule has 90 valence electrons. The van der Waals surface area contributed by atoms with Gasteiger partial charge in [0.15, 0.2) is 5.78 Å². The Hall–Kier alpha value is -0.960. The molecule has 1 unspecified atom stereocenters. The van der Waals surface area contributed by atoms with E-state index in [1.165, 1.54) is 0 Å². The number of aryl methyl sites for hydroxylation is 1. The highest BCUT2D eigenvalue weighted by Gasteiger charge is 2.75. The zero-order valence-corrected chi connectivity index (χ0v) is 11.0. The third-order valence-corrected chi connectivity index (χ3v) is 6.59. The van der Waals surface area contributed by atoms with Gasteiger partial charge in [0.25, 0.3) is 0 Å². The Kier molecular flexibility index (Phi) is 2.15. The average Bonchev–Trinajstić information content (AvgIpc) is 2.87. The molecule has 17 heavy (non-hydrogen) atoms. The van der Waals surface area contributed by atoms with Crippen LogP contribution >= 0.6 is 0 Å². The van der Waals surface area contributed by atoms with Crippen molar-refractivity contribution < 1.29 is 9.00 Å². The molecular formula is C14H16O2S. The smallest absolute Gasteiger partial charge is 0.152 e. The molecule has 3 heteroatoms. The number of hydrogen-bond donors (Lipinski definition) is 0. The molecule has 0 radical (unpaired) electrons. The minimum atomic E-state index is -1.18. The molecule has 0 amide bonds. The van der Waals surface area contributed by atoms with Crippen molar-refractivity contribution in [2.45, 2.75) is 42.8 Å². The number of carbonyl (C=O) groups is 1. The van der Waals surface area contributed by atoms with Gasteiger partial charge < -0.3 is 0 Å². The maximum absolute atomic E-state index is 12.6. The molecule has 0 aromatic heterocycles. The third-order valence-electron chi connectivity index (χ3n) is 4.39. The van der Waals surface area contributed by atoms with Gasteiger partial charge in [-0.2, -0.15) is 0 Å². The molecule has 0 spiro atoms. The monoisotopic (exact) mass is 248 g/mol. The van der Waals surface area contributed by atoms with E-state index in [1.807, 2.05) is 31.2 Å². The summed E-state index contributed by atoms with van der Waals surface area (Å²) in [6.45, 7) is 4.11. The summed E-state index contributed by atoms with van der Waals surface area (Å²) in [5, 5.41) is 0. The van der Waals surface area contributed by atoms with Crippen molar-refractivity contribution in [2.75, 3.05) is 0 Å². The Morgan fingerprint density at radius 1 is 1.24 bits per heavy atom. The van der Waals surface area contributed by atoms with Crippen LogP contribution in [0.2, 0.25) is 0 Å². The van der Waals surface area contributed by atoms with E-state index in [4.69, 9.17) is 0 Å².